The lowest BCUT2D eigenvalue weighted by atomic mass is 9.95. The van der Waals surface area contributed by atoms with Crippen molar-refractivity contribution in [2.45, 2.75) is 71.3 Å². The van der Waals surface area contributed by atoms with E-state index < -0.39 is 0 Å². The normalized spacial score (nSPS) is 14.5. The first kappa shape index (κ1) is 16.0. The molecule has 0 aromatic carbocycles. The molecule has 1 unspecified atom stereocenters. The standard InChI is InChI=1S/C13H26BrNO/c1-4-6-7-8-9-12(16)15-13(3,5-2)10-11-14/h4-11H2,1-3H3,(H,15,16). The van der Waals surface area contributed by atoms with Crippen LogP contribution in [0.4, 0.5) is 0 Å². The second-order valence-corrected chi connectivity index (χ2v) is 5.51. The van der Waals surface area contributed by atoms with Gasteiger partial charge in [-0.05, 0) is 26.2 Å². The maximum absolute atomic E-state index is 11.7. The van der Waals surface area contributed by atoms with Crippen molar-refractivity contribution < 1.29 is 4.79 Å². The molecule has 1 atom stereocenters. The second-order valence-electron chi connectivity index (χ2n) is 4.71. The smallest absolute Gasteiger partial charge is 0.220 e. The summed E-state index contributed by atoms with van der Waals surface area (Å²) in [5.41, 5.74) is -0.0364. The minimum absolute atomic E-state index is 0.0364. The number of amides is 1. The molecule has 0 saturated heterocycles. The number of rotatable bonds is 9. The Hall–Kier alpha value is -0.0500. The molecule has 0 aliphatic rings. The maximum Gasteiger partial charge on any atom is 0.220 e. The van der Waals surface area contributed by atoms with Crippen molar-refractivity contribution in [1.29, 1.82) is 0 Å². The van der Waals surface area contributed by atoms with E-state index in [1.807, 2.05) is 0 Å². The summed E-state index contributed by atoms with van der Waals surface area (Å²) in [5.74, 6) is 0.210. The minimum Gasteiger partial charge on any atom is -0.351 e. The van der Waals surface area contributed by atoms with Gasteiger partial charge in [0.05, 0.1) is 0 Å². The minimum atomic E-state index is -0.0364. The zero-order valence-corrected chi connectivity index (χ0v) is 12.5. The molecule has 0 fully saturated rings. The molecular formula is C13H26BrNO. The summed E-state index contributed by atoms with van der Waals surface area (Å²) in [5, 5.41) is 4.09. The van der Waals surface area contributed by atoms with Crippen LogP contribution < -0.4 is 5.32 Å². The van der Waals surface area contributed by atoms with Crippen molar-refractivity contribution in [1.82, 2.24) is 5.32 Å². The van der Waals surface area contributed by atoms with Crippen LogP contribution in [0.15, 0.2) is 0 Å². The Morgan fingerprint density at radius 1 is 1.25 bits per heavy atom. The van der Waals surface area contributed by atoms with Crippen molar-refractivity contribution >= 4 is 21.8 Å². The molecule has 96 valence electrons. The number of hydrogen-bond donors (Lipinski definition) is 1. The number of carbonyl (C=O) groups excluding carboxylic acids is 1. The molecule has 2 nitrogen and oxygen atoms in total. The lowest BCUT2D eigenvalue weighted by Crippen LogP contribution is -2.45. The Morgan fingerprint density at radius 2 is 1.94 bits per heavy atom. The SMILES string of the molecule is CCCCCCC(=O)NC(C)(CC)CCBr. The van der Waals surface area contributed by atoms with Gasteiger partial charge in [-0.3, -0.25) is 4.79 Å². The van der Waals surface area contributed by atoms with Crippen LogP contribution in [0.1, 0.15) is 65.7 Å². The first-order valence-electron chi connectivity index (χ1n) is 6.45. The summed E-state index contributed by atoms with van der Waals surface area (Å²) in [6.07, 6.45) is 7.30. The number of alkyl halides is 1. The monoisotopic (exact) mass is 291 g/mol. The highest BCUT2D eigenvalue weighted by Gasteiger charge is 2.22. The molecule has 3 heteroatoms. The van der Waals surface area contributed by atoms with E-state index in [9.17, 15) is 4.79 Å². The van der Waals surface area contributed by atoms with Crippen LogP contribution in [0, 0.1) is 0 Å². The molecule has 1 amide bonds. The number of halogens is 1. The molecule has 0 heterocycles. The first-order chi connectivity index (χ1) is 7.58. The van der Waals surface area contributed by atoms with Gasteiger partial charge in [-0.15, -0.1) is 0 Å². The molecule has 0 radical (unpaired) electrons. The largest absolute Gasteiger partial charge is 0.351 e. The van der Waals surface area contributed by atoms with Gasteiger partial charge in [0.1, 0.15) is 0 Å². The fourth-order valence-corrected chi connectivity index (χ4v) is 2.52. The van der Waals surface area contributed by atoms with E-state index in [-0.39, 0.29) is 11.4 Å². The van der Waals surface area contributed by atoms with Crippen LogP contribution in [-0.2, 0) is 4.79 Å². The van der Waals surface area contributed by atoms with Crippen LogP contribution in [0.5, 0.6) is 0 Å². The van der Waals surface area contributed by atoms with Gasteiger partial charge in [-0.1, -0.05) is 49.0 Å². The van der Waals surface area contributed by atoms with Crippen LogP contribution in [0.3, 0.4) is 0 Å². The molecule has 0 spiro atoms. The Bertz CT molecular complexity index is 196. The van der Waals surface area contributed by atoms with E-state index in [1.54, 1.807) is 0 Å². The van der Waals surface area contributed by atoms with Crippen molar-refractivity contribution in [2.75, 3.05) is 5.33 Å². The Balaban J connectivity index is 3.82. The van der Waals surface area contributed by atoms with E-state index in [4.69, 9.17) is 0 Å². The van der Waals surface area contributed by atoms with E-state index in [0.717, 1.165) is 24.6 Å². The average Bonchev–Trinajstić information content (AvgIpc) is 2.25. The van der Waals surface area contributed by atoms with Gasteiger partial charge in [0, 0.05) is 17.3 Å². The maximum atomic E-state index is 11.7. The molecule has 0 bridgehead atoms. The van der Waals surface area contributed by atoms with Crippen LogP contribution in [-0.4, -0.2) is 16.8 Å². The predicted molar refractivity (Wildman–Crippen MR) is 74.0 cm³/mol. The number of hydrogen-bond acceptors (Lipinski definition) is 1. The third-order valence-corrected chi connectivity index (χ3v) is 3.52. The zero-order chi connectivity index (χ0) is 12.4. The van der Waals surface area contributed by atoms with Gasteiger partial charge in [-0.2, -0.15) is 0 Å². The number of nitrogens with one attached hydrogen (secondary N) is 1. The molecule has 0 aromatic heterocycles. The lowest BCUT2D eigenvalue weighted by Gasteiger charge is -2.29. The fraction of sp³-hybridized carbons (Fsp3) is 0.923. The first-order valence-corrected chi connectivity index (χ1v) is 7.57. The van der Waals surface area contributed by atoms with Gasteiger partial charge >= 0.3 is 0 Å². The summed E-state index contributed by atoms with van der Waals surface area (Å²) in [4.78, 5) is 11.7. The van der Waals surface area contributed by atoms with E-state index >= 15 is 0 Å². The summed E-state index contributed by atoms with van der Waals surface area (Å²) in [6.45, 7) is 6.43. The Morgan fingerprint density at radius 3 is 2.44 bits per heavy atom. The molecule has 0 rings (SSSR count). The highest BCUT2D eigenvalue weighted by Crippen LogP contribution is 2.16. The van der Waals surface area contributed by atoms with Gasteiger partial charge in [0.15, 0.2) is 0 Å². The topological polar surface area (TPSA) is 29.1 Å². The molecule has 0 aliphatic heterocycles. The highest BCUT2D eigenvalue weighted by molar-refractivity contribution is 9.09. The Kier molecular flexibility index (Phi) is 9.00. The van der Waals surface area contributed by atoms with Crippen LogP contribution >= 0.6 is 15.9 Å². The van der Waals surface area contributed by atoms with Gasteiger partial charge < -0.3 is 5.32 Å². The predicted octanol–water partition coefficient (Wildman–Crippen LogP) is 4.03. The lowest BCUT2D eigenvalue weighted by molar-refractivity contribution is -0.123. The van der Waals surface area contributed by atoms with Crippen LogP contribution in [0.25, 0.3) is 0 Å². The third kappa shape index (κ3) is 7.26. The molecule has 1 N–H and O–H groups in total. The van der Waals surface area contributed by atoms with E-state index in [0.29, 0.717) is 6.42 Å². The summed E-state index contributed by atoms with van der Waals surface area (Å²) >= 11 is 3.44. The third-order valence-electron chi connectivity index (χ3n) is 3.13. The van der Waals surface area contributed by atoms with Crippen molar-refractivity contribution in [2.24, 2.45) is 0 Å². The van der Waals surface area contributed by atoms with E-state index in [1.165, 1.54) is 19.3 Å². The molecule has 0 aliphatic carbocycles. The van der Waals surface area contributed by atoms with Crippen molar-refractivity contribution in [3.8, 4) is 0 Å². The second kappa shape index (κ2) is 9.03. The molecular weight excluding hydrogens is 266 g/mol. The van der Waals surface area contributed by atoms with Crippen molar-refractivity contribution in [3.63, 3.8) is 0 Å². The Labute approximate surface area is 109 Å². The van der Waals surface area contributed by atoms with E-state index in [2.05, 4.69) is 42.0 Å². The zero-order valence-electron chi connectivity index (χ0n) is 10.9. The van der Waals surface area contributed by atoms with Gasteiger partial charge in [0.2, 0.25) is 5.91 Å². The average molecular weight is 292 g/mol. The quantitative estimate of drug-likeness (QED) is 0.504. The summed E-state index contributed by atoms with van der Waals surface area (Å²) in [7, 11) is 0. The molecule has 0 saturated carbocycles. The molecule has 16 heavy (non-hydrogen) atoms. The summed E-state index contributed by atoms with van der Waals surface area (Å²) < 4.78 is 0. The fourth-order valence-electron chi connectivity index (χ4n) is 1.65. The van der Waals surface area contributed by atoms with Gasteiger partial charge in [0.25, 0.3) is 0 Å². The summed E-state index contributed by atoms with van der Waals surface area (Å²) in [6, 6.07) is 0. The van der Waals surface area contributed by atoms with Gasteiger partial charge in [-0.25, -0.2) is 0 Å². The number of carbonyl (C=O) groups is 1. The molecule has 0 aromatic rings. The van der Waals surface area contributed by atoms with Crippen molar-refractivity contribution in [3.05, 3.63) is 0 Å². The highest BCUT2D eigenvalue weighted by atomic mass is 79.9. The number of unbranched alkanes of at least 4 members (excludes halogenated alkanes) is 3. The van der Waals surface area contributed by atoms with Crippen LogP contribution in [0.2, 0.25) is 0 Å².